The summed E-state index contributed by atoms with van der Waals surface area (Å²) in [6.07, 6.45) is 1.66. The van der Waals surface area contributed by atoms with Crippen molar-refractivity contribution < 1.29 is 17.9 Å². The van der Waals surface area contributed by atoms with Gasteiger partial charge in [0.05, 0.1) is 12.3 Å². The SMILES string of the molecule is NC[C@H]1CN(c2ccc(C3C=CS(=O)(=O)CC3)cc2)C(=O)O1. The minimum absolute atomic E-state index is 0.0971. The first-order chi connectivity index (χ1) is 10.5. The molecular weight excluding hydrogens is 304 g/mol. The average molecular weight is 322 g/mol. The van der Waals surface area contributed by atoms with Crippen LogP contribution in [-0.2, 0) is 14.6 Å². The van der Waals surface area contributed by atoms with Crippen LogP contribution >= 0.6 is 0 Å². The third-order valence-electron chi connectivity index (χ3n) is 4.00. The van der Waals surface area contributed by atoms with Gasteiger partial charge in [-0.15, -0.1) is 0 Å². The highest BCUT2D eigenvalue weighted by molar-refractivity contribution is 7.94. The van der Waals surface area contributed by atoms with Crippen molar-refractivity contribution in [1.82, 2.24) is 0 Å². The van der Waals surface area contributed by atoms with E-state index in [9.17, 15) is 13.2 Å². The Balaban J connectivity index is 1.75. The number of hydrogen-bond acceptors (Lipinski definition) is 5. The Hall–Kier alpha value is -1.86. The third-order valence-corrected chi connectivity index (χ3v) is 5.38. The molecule has 22 heavy (non-hydrogen) atoms. The average Bonchev–Trinajstić information content (AvgIpc) is 2.89. The van der Waals surface area contributed by atoms with Crippen LogP contribution in [-0.4, -0.2) is 39.5 Å². The van der Waals surface area contributed by atoms with E-state index in [-0.39, 0.29) is 23.9 Å². The van der Waals surface area contributed by atoms with Crippen molar-refractivity contribution in [3.63, 3.8) is 0 Å². The van der Waals surface area contributed by atoms with Gasteiger partial charge in [0.15, 0.2) is 9.84 Å². The van der Waals surface area contributed by atoms with E-state index in [1.165, 1.54) is 5.41 Å². The van der Waals surface area contributed by atoms with Crippen molar-refractivity contribution in [1.29, 1.82) is 0 Å². The first-order valence-corrected chi connectivity index (χ1v) is 8.89. The molecule has 0 radical (unpaired) electrons. The highest BCUT2D eigenvalue weighted by Gasteiger charge is 2.31. The summed E-state index contributed by atoms with van der Waals surface area (Å²) < 4.78 is 27.9. The molecule has 2 N–H and O–H groups in total. The first kappa shape index (κ1) is 15.1. The number of allylic oxidation sites excluding steroid dienone is 1. The van der Waals surface area contributed by atoms with Crippen molar-refractivity contribution in [3.8, 4) is 0 Å². The van der Waals surface area contributed by atoms with Gasteiger partial charge < -0.3 is 10.5 Å². The van der Waals surface area contributed by atoms with Crippen molar-refractivity contribution in [2.75, 3.05) is 23.7 Å². The van der Waals surface area contributed by atoms with Gasteiger partial charge >= 0.3 is 6.09 Å². The van der Waals surface area contributed by atoms with Crippen LogP contribution in [0.1, 0.15) is 17.9 Å². The van der Waals surface area contributed by atoms with Crippen molar-refractivity contribution >= 4 is 21.6 Å². The van der Waals surface area contributed by atoms with Crippen LogP contribution in [0.4, 0.5) is 10.5 Å². The standard InChI is InChI=1S/C15H18N2O4S/c16-9-14-10-17(15(18)21-14)13-3-1-11(2-4-13)12-5-7-22(19,20)8-6-12/h1-5,7,12,14H,6,8-10,16H2/t12?,14-/m0/s1. The molecule has 0 aliphatic carbocycles. The number of carbonyl (C=O) groups is 1. The molecule has 1 aromatic carbocycles. The number of carbonyl (C=O) groups excluding carboxylic acids is 1. The molecule has 0 saturated carbocycles. The van der Waals surface area contributed by atoms with Crippen LogP contribution in [0, 0.1) is 0 Å². The molecule has 2 atom stereocenters. The van der Waals surface area contributed by atoms with Crippen LogP contribution in [0.5, 0.6) is 0 Å². The molecule has 1 aromatic rings. The van der Waals surface area contributed by atoms with Gasteiger partial charge in [-0.3, -0.25) is 4.90 Å². The molecule has 0 aromatic heterocycles. The van der Waals surface area contributed by atoms with Gasteiger partial charge in [0.25, 0.3) is 0 Å². The number of sulfone groups is 1. The predicted molar refractivity (Wildman–Crippen MR) is 83.4 cm³/mol. The molecule has 1 unspecified atom stereocenters. The topological polar surface area (TPSA) is 89.7 Å². The molecule has 2 aliphatic heterocycles. The number of hydrogen-bond donors (Lipinski definition) is 1. The molecule has 6 nitrogen and oxygen atoms in total. The number of nitrogens with zero attached hydrogens (tertiary/aromatic N) is 1. The fourth-order valence-electron chi connectivity index (χ4n) is 2.70. The lowest BCUT2D eigenvalue weighted by Crippen LogP contribution is -2.27. The highest BCUT2D eigenvalue weighted by Crippen LogP contribution is 2.29. The largest absolute Gasteiger partial charge is 0.443 e. The summed E-state index contributed by atoms with van der Waals surface area (Å²) >= 11 is 0. The van der Waals surface area contributed by atoms with Gasteiger partial charge in [0, 0.05) is 23.6 Å². The van der Waals surface area contributed by atoms with E-state index in [1.807, 2.05) is 24.3 Å². The molecule has 2 heterocycles. The van der Waals surface area contributed by atoms with Gasteiger partial charge in [0.1, 0.15) is 6.10 Å². The van der Waals surface area contributed by atoms with Gasteiger partial charge in [0.2, 0.25) is 0 Å². The van der Waals surface area contributed by atoms with Crippen LogP contribution in [0.15, 0.2) is 35.7 Å². The molecule has 0 spiro atoms. The summed E-state index contributed by atoms with van der Waals surface area (Å²) in [5.41, 5.74) is 7.32. The summed E-state index contributed by atoms with van der Waals surface area (Å²) in [6.45, 7) is 0.762. The lowest BCUT2D eigenvalue weighted by atomic mass is 9.96. The minimum atomic E-state index is -3.02. The maximum atomic E-state index is 11.8. The summed E-state index contributed by atoms with van der Waals surface area (Å²) in [6, 6.07) is 7.55. The Bertz CT molecular complexity index is 697. The molecule has 1 saturated heterocycles. The molecule has 3 rings (SSSR count). The monoisotopic (exact) mass is 322 g/mol. The number of anilines is 1. The van der Waals surface area contributed by atoms with Crippen LogP contribution in [0.3, 0.4) is 0 Å². The maximum Gasteiger partial charge on any atom is 0.414 e. The minimum Gasteiger partial charge on any atom is -0.443 e. The maximum absolute atomic E-state index is 11.8. The Morgan fingerprint density at radius 1 is 1.27 bits per heavy atom. The molecule has 1 fully saturated rings. The molecule has 118 valence electrons. The number of cyclic esters (lactones) is 1. The van der Waals surface area contributed by atoms with Gasteiger partial charge in [-0.1, -0.05) is 18.2 Å². The summed E-state index contributed by atoms with van der Waals surface area (Å²) in [7, 11) is -3.02. The lowest BCUT2D eigenvalue weighted by Gasteiger charge is -2.18. The Morgan fingerprint density at radius 3 is 2.55 bits per heavy atom. The zero-order valence-corrected chi connectivity index (χ0v) is 12.8. The summed E-state index contributed by atoms with van der Waals surface area (Å²) in [5, 5.41) is 1.29. The van der Waals surface area contributed by atoms with E-state index in [4.69, 9.17) is 10.5 Å². The summed E-state index contributed by atoms with van der Waals surface area (Å²) in [4.78, 5) is 13.3. The van der Waals surface area contributed by atoms with E-state index in [1.54, 1.807) is 11.0 Å². The van der Waals surface area contributed by atoms with Crippen LogP contribution < -0.4 is 10.6 Å². The smallest absolute Gasteiger partial charge is 0.414 e. The first-order valence-electron chi connectivity index (χ1n) is 7.17. The Morgan fingerprint density at radius 2 is 2.00 bits per heavy atom. The van der Waals surface area contributed by atoms with Crippen LogP contribution in [0.25, 0.3) is 0 Å². The molecule has 2 aliphatic rings. The Kier molecular flexibility index (Phi) is 3.92. The van der Waals surface area contributed by atoms with E-state index in [2.05, 4.69) is 0 Å². The van der Waals surface area contributed by atoms with E-state index in [0.29, 0.717) is 19.5 Å². The predicted octanol–water partition coefficient (Wildman–Crippen LogP) is 1.39. The summed E-state index contributed by atoms with van der Waals surface area (Å²) in [5.74, 6) is 0.270. The lowest BCUT2D eigenvalue weighted by molar-refractivity contribution is 0.145. The number of ether oxygens (including phenoxy) is 1. The number of amides is 1. The zero-order valence-electron chi connectivity index (χ0n) is 12.0. The van der Waals surface area contributed by atoms with Crippen LogP contribution in [0.2, 0.25) is 0 Å². The van der Waals surface area contributed by atoms with Crippen molar-refractivity contribution in [2.45, 2.75) is 18.4 Å². The van der Waals surface area contributed by atoms with Gasteiger partial charge in [-0.05, 0) is 24.1 Å². The number of nitrogens with two attached hydrogens (primary N) is 1. The highest BCUT2D eigenvalue weighted by atomic mass is 32.2. The fraction of sp³-hybridized carbons (Fsp3) is 0.400. The molecule has 1 amide bonds. The van der Waals surface area contributed by atoms with E-state index in [0.717, 1.165) is 11.3 Å². The third kappa shape index (κ3) is 3.00. The second kappa shape index (κ2) is 5.73. The number of benzene rings is 1. The molecule has 0 bridgehead atoms. The van der Waals surface area contributed by atoms with Gasteiger partial charge in [-0.2, -0.15) is 0 Å². The zero-order chi connectivity index (χ0) is 15.7. The van der Waals surface area contributed by atoms with E-state index < -0.39 is 9.84 Å². The van der Waals surface area contributed by atoms with Crippen molar-refractivity contribution in [2.24, 2.45) is 5.73 Å². The van der Waals surface area contributed by atoms with E-state index >= 15 is 0 Å². The number of rotatable bonds is 3. The van der Waals surface area contributed by atoms with Crippen molar-refractivity contribution in [3.05, 3.63) is 41.3 Å². The molecule has 7 heteroatoms. The fourth-order valence-corrected chi connectivity index (χ4v) is 3.85. The van der Waals surface area contributed by atoms with Gasteiger partial charge in [-0.25, -0.2) is 13.2 Å². The normalized spacial score (nSPS) is 27.0. The second-order valence-corrected chi connectivity index (χ2v) is 7.54. The quantitative estimate of drug-likeness (QED) is 0.908. The second-order valence-electron chi connectivity index (χ2n) is 5.53. The Labute approximate surface area is 129 Å². The molecular formula is C15H18N2O4S.